The van der Waals surface area contributed by atoms with Gasteiger partial charge in [-0.1, -0.05) is 13.8 Å². The van der Waals surface area contributed by atoms with Gasteiger partial charge >= 0.3 is 0 Å². The minimum absolute atomic E-state index is 0.294. The third-order valence-electron chi connectivity index (χ3n) is 4.00. The summed E-state index contributed by atoms with van der Waals surface area (Å²) in [5, 5.41) is 3.62. The number of nitrogens with zero attached hydrogens (tertiary/aromatic N) is 1. The Morgan fingerprint density at radius 3 is 2.41 bits per heavy atom. The van der Waals surface area contributed by atoms with E-state index in [4.69, 9.17) is 4.74 Å². The highest BCUT2D eigenvalue weighted by Gasteiger charge is 2.35. The summed E-state index contributed by atoms with van der Waals surface area (Å²) in [7, 11) is 1.79. The van der Waals surface area contributed by atoms with Crippen LogP contribution in [-0.2, 0) is 4.74 Å². The first-order chi connectivity index (χ1) is 8.04. The van der Waals surface area contributed by atoms with E-state index in [9.17, 15) is 0 Å². The summed E-state index contributed by atoms with van der Waals surface area (Å²) in [6.07, 6.45) is 3.71. The van der Waals surface area contributed by atoms with E-state index < -0.39 is 0 Å². The Balaban J connectivity index is 2.62. The van der Waals surface area contributed by atoms with Crippen molar-refractivity contribution in [2.45, 2.75) is 64.6 Å². The maximum Gasteiger partial charge on any atom is 0.0589 e. The van der Waals surface area contributed by atoms with Crippen LogP contribution >= 0.6 is 0 Å². The van der Waals surface area contributed by atoms with E-state index in [1.54, 1.807) is 7.11 Å². The maximum absolute atomic E-state index is 5.26. The molecule has 0 spiro atoms. The number of hydrogen-bond acceptors (Lipinski definition) is 3. The fraction of sp³-hybridized carbons (Fsp3) is 1.00. The predicted molar refractivity (Wildman–Crippen MR) is 73.4 cm³/mol. The predicted octanol–water partition coefficient (Wildman–Crippen LogP) is 2.26. The lowest BCUT2D eigenvalue weighted by molar-refractivity contribution is 0.0837. The summed E-state index contributed by atoms with van der Waals surface area (Å²) in [4.78, 5) is 2.66. The van der Waals surface area contributed by atoms with Crippen molar-refractivity contribution in [3.05, 3.63) is 0 Å². The second-order valence-electron chi connectivity index (χ2n) is 5.82. The molecule has 0 radical (unpaired) electrons. The van der Waals surface area contributed by atoms with Crippen LogP contribution in [-0.4, -0.2) is 49.3 Å². The Hall–Kier alpha value is -0.120. The van der Waals surface area contributed by atoms with Gasteiger partial charge in [0.15, 0.2) is 0 Å². The van der Waals surface area contributed by atoms with E-state index in [0.717, 1.165) is 19.7 Å². The van der Waals surface area contributed by atoms with Crippen LogP contribution in [0.3, 0.4) is 0 Å². The normalized spacial score (nSPS) is 23.8. The first-order valence-electron chi connectivity index (χ1n) is 7.03. The Morgan fingerprint density at radius 2 is 2.00 bits per heavy atom. The lowest BCUT2D eigenvalue weighted by Crippen LogP contribution is -2.45. The van der Waals surface area contributed by atoms with Gasteiger partial charge in [0, 0.05) is 37.8 Å². The average molecular weight is 242 g/mol. The Bertz CT molecular complexity index is 214. The van der Waals surface area contributed by atoms with Crippen molar-refractivity contribution < 1.29 is 4.74 Å². The molecular weight excluding hydrogens is 212 g/mol. The van der Waals surface area contributed by atoms with Crippen LogP contribution in [0.4, 0.5) is 0 Å². The summed E-state index contributed by atoms with van der Waals surface area (Å²) in [6, 6.07) is 1.37. The third kappa shape index (κ3) is 4.23. The molecule has 3 heteroatoms. The van der Waals surface area contributed by atoms with Crippen molar-refractivity contribution in [3.8, 4) is 0 Å². The molecule has 1 aliphatic heterocycles. The largest absolute Gasteiger partial charge is 0.383 e. The lowest BCUT2D eigenvalue weighted by atomic mass is 9.98. The van der Waals surface area contributed by atoms with Gasteiger partial charge in [0.2, 0.25) is 0 Å². The zero-order chi connectivity index (χ0) is 12.9. The molecule has 0 amide bonds. The fourth-order valence-corrected chi connectivity index (χ4v) is 2.98. The first-order valence-corrected chi connectivity index (χ1v) is 7.03. The lowest BCUT2D eigenvalue weighted by Gasteiger charge is -2.35. The summed E-state index contributed by atoms with van der Waals surface area (Å²) < 4.78 is 5.26. The number of nitrogens with one attached hydrogen (secondary N) is 1. The van der Waals surface area contributed by atoms with E-state index in [2.05, 4.69) is 37.9 Å². The van der Waals surface area contributed by atoms with Crippen molar-refractivity contribution >= 4 is 0 Å². The molecule has 0 bridgehead atoms. The highest BCUT2D eigenvalue weighted by Crippen LogP contribution is 2.25. The molecule has 0 saturated carbocycles. The quantitative estimate of drug-likeness (QED) is 0.741. The highest BCUT2D eigenvalue weighted by atomic mass is 16.5. The Labute approximate surface area is 107 Å². The van der Waals surface area contributed by atoms with Gasteiger partial charge in [-0.25, -0.2) is 0 Å². The average Bonchev–Trinajstić information content (AvgIpc) is 2.65. The van der Waals surface area contributed by atoms with Crippen molar-refractivity contribution in [1.29, 1.82) is 0 Å². The number of methoxy groups -OCH3 is 1. The standard InChI is InChI=1S/C14H30N2O/c1-6-12(7-2)16(8-9-17-5)13-10-14(3,4)15-11-13/h12-13,15H,6-11H2,1-5H3. The van der Waals surface area contributed by atoms with E-state index in [1.807, 2.05) is 0 Å². The van der Waals surface area contributed by atoms with Crippen molar-refractivity contribution in [2.75, 3.05) is 26.8 Å². The zero-order valence-corrected chi connectivity index (χ0v) is 12.3. The zero-order valence-electron chi connectivity index (χ0n) is 12.3. The van der Waals surface area contributed by atoms with Crippen LogP contribution in [0.2, 0.25) is 0 Å². The fourth-order valence-electron chi connectivity index (χ4n) is 2.98. The third-order valence-corrected chi connectivity index (χ3v) is 4.00. The van der Waals surface area contributed by atoms with E-state index >= 15 is 0 Å². The van der Waals surface area contributed by atoms with Gasteiger partial charge in [-0.15, -0.1) is 0 Å². The molecule has 3 nitrogen and oxygen atoms in total. The van der Waals surface area contributed by atoms with Gasteiger partial charge in [-0.3, -0.25) is 4.90 Å². The van der Waals surface area contributed by atoms with Gasteiger partial charge in [-0.05, 0) is 33.1 Å². The summed E-state index contributed by atoms with van der Waals surface area (Å²) in [6.45, 7) is 12.2. The number of hydrogen-bond donors (Lipinski definition) is 1. The number of ether oxygens (including phenoxy) is 1. The van der Waals surface area contributed by atoms with Crippen molar-refractivity contribution in [1.82, 2.24) is 10.2 Å². The van der Waals surface area contributed by atoms with Gasteiger partial charge in [0.1, 0.15) is 0 Å². The minimum atomic E-state index is 0.294. The van der Waals surface area contributed by atoms with Crippen LogP contribution in [0.1, 0.15) is 47.0 Å². The van der Waals surface area contributed by atoms with Gasteiger partial charge in [0.05, 0.1) is 6.61 Å². The SMILES string of the molecule is CCC(CC)N(CCOC)C1CNC(C)(C)C1. The summed E-state index contributed by atoms with van der Waals surface area (Å²) >= 11 is 0. The molecule has 0 aromatic rings. The second kappa shape index (κ2) is 6.72. The van der Waals surface area contributed by atoms with Crippen LogP contribution in [0.15, 0.2) is 0 Å². The van der Waals surface area contributed by atoms with Crippen molar-refractivity contribution in [2.24, 2.45) is 0 Å². The smallest absolute Gasteiger partial charge is 0.0589 e. The van der Waals surface area contributed by atoms with Crippen LogP contribution in [0, 0.1) is 0 Å². The molecule has 0 aromatic heterocycles. The van der Waals surface area contributed by atoms with E-state index in [0.29, 0.717) is 17.6 Å². The molecule has 1 fully saturated rings. The molecule has 1 N–H and O–H groups in total. The molecule has 1 heterocycles. The van der Waals surface area contributed by atoms with Gasteiger partial charge in [-0.2, -0.15) is 0 Å². The molecule has 1 saturated heterocycles. The first kappa shape index (κ1) is 14.9. The molecule has 102 valence electrons. The monoisotopic (exact) mass is 242 g/mol. The molecule has 1 unspecified atom stereocenters. The minimum Gasteiger partial charge on any atom is -0.383 e. The molecule has 0 aromatic carbocycles. The van der Waals surface area contributed by atoms with Crippen LogP contribution in [0.25, 0.3) is 0 Å². The van der Waals surface area contributed by atoms with E-state index in [1.165, 1.54) is 19.3 Å². The summed E-state index contributed by atoms with van der Waals surface area (Å²) in [5.41, 5.74) is 0.294. The molecule has 1 aliphatic rings. The van der Waals surface area contributed by atoms with Gasteiger partial charge in [0.25, 0.3) is 0 Å². The topological polar surface area (TPSA) is 24.5 Å². The molecule has 0 aliphatic carbocycles. The Kier molecular flexibility index (Phi) is 5.90. The Morgan fingerprint density at radius 1 is 1.35 bits per heavy atom. The molecule has 1 rings (SSSR count). The van der Waals surface area contributed by atoms with Crippen LogP contribution in [0.5, 0.6) is 0 Å². The molecular formula is C14H30N2O. The van der Waals surface area contributed by atoms with E-state index in [-0.39, 0.29) is 0 Å². The maximum atomic E-state index is 5.26. The summed E-state index contributed by atoms with van der Waals surface area (Å²) in [5.74, 6) is 0. The second-order valence-corrected chi connectivity index (χ2v) is 5.82. The number of rotatable bonds is 7. The van der Waals surface area contributed by atoms with Crippen molar-refractivity contribution in [3.63, 3.8) is 0 Å². The van der Waals surface area contributed by atoms with Gasteiger partial charge < -0.3 is 10.1 Å². The highest BCUT2D eigenvalue weighted by molar-refractivity contribution is 4.95. The molecule has 17 heavy (non-hydrogen) atoms. The van der Waals surface area contributed by atoms with Crippen LogP contribution < -0.4 is 5.32 Å². The molecule has 1 atom stereocenters.